The average molecular weight is 512 g/mol. The third-order valence-corrected chi connectivity index (χ3v) is 6.95. The van der Waals surface area contributed by atoms with Crippen LogP contribution in [-0.4, -0.2) is 58.9 Å². The lowest BCUT2D eigenvalue weighted by molar-refractivity contribution is 0.0921. The molecule has 1 aliphatic carbocycles. The molecule has 3 atom stereocenters. The number of aromatic nitrogens is 3. The highest BCUT2D eigenvalue weighted by atomic mass is 35.5. The summed E-state index contributed by atoms with van der Waals surface area (Å²) in [5, 5.41) is 12.6. The molecule has 9 nitrogen and oxygen atoms in total. The van der Waals surface area contributed by atoms with Crippen LogP contribution in [0.25, 0.3) is 0 Å². The topological polar surface area (TPSA) is 90.7 Å². The number of hydrogen-bond acceptors (Lipinski definition) is 7. The molecular weight excluding hydrogens is 482 g/mol. The predicted octanol–water partition coefficient (Wildman–Crippen LogP) is 4.19. The maximum atomic E-state index is 13.0. The van der Waals surface area contributed by atoms with Gasteiger partial charge in [0.2, 0.25) is 0 Å². The minimum absolute atomic E-state index is 0.121. The van der Waals surface area contributed by atoms with Crippen LogP contribution in [0.15, 0.2) is 65.1 Å². The van der Waals surface area contributed by atoms with E-state index in [1.165, 1.54) is 5.57 Å². The van der Waals surface area contributed by atoms with Crippen molar-refractivity contribution in [2.45, 2.75) is 38.4 Å². The Morgan fingerprint density at radius 3 is 2.86 bits per heavy atom. The number of aryl methyl sites for hydroxylation is 1. The molecule has 5 rings (SSSR count). The van der Waals surface area contributed by atoms with Gasteiger partial charge in [0.25, 0.3) is 0 Å². The molecule has 3 unspecified atom stereocenters. The zero-order valence-electron chi connectivity index (χ0n) is 20.4. The van der Waals surface area contributed by atoms with Crippen LogP contribution in [0.5, 0.6) is 11.5 Å². The molecule has 0 bridgehead atoms. The lowest BCUT2D eigenvalue weighted by atomic mass is 9.85. The first kappa shape index (κ1) is 24.2. The van der Waals surface area contributed by atoms with Crippen LogP contribution in [0, 0.1) is 5.92 Å². The van der Waals surface area contributed by atoms with Gasteiger partial charge in [0.1, 0.15) is 6.04 Å². The van der Waals surface area contributed by atoms with Gasteiger partial charge in [-0.1, -0.05) is 29.8 Å². The molecule has 1 amide bonds. The Bertz CT molecular complexity index is 1190. The Balaban J connectivity index is 1.40. The van der Waals surface area contributed by atoms with E-state index in [9.17, 15) is 4.79 Å². The number of allylic oxidation sites excluding steroid dienone is 2. The first-order valence-electron chi connectivity index (χ1n) is 12.2. The van der Waals surface area contributed by atoms with Crippen LogP contribution in [0.1, 0.15) is 31.4 Å². The first-order valence-corrected chi connectivity index (χ1v) is 12.6. The number of amides is 1. The number of ether oxygens (including phenoxy) is 3. The largest absolute Gasteiger partial charge is 0.493 e. The van der Waals surface area contributed by atoms with E-state index >= 15 is 0 Å². The van der Waals surface area contributed by atoms with Crippen molar-refractivity contribution in [1.82, 2.24) is 25.2 Å². The number of rotatable bonds is 8. The molecule has 0 saturated heterocycles. The molecule has 3 aliphatic rings. The fourth-order valence-corrected chi connectivity index (χ4v) is 5.31. The Kier molecular flexibility index (Phi) is 7.18. The quantitative estimate of drug-likeness (QED) is 0.531. The van der Waals surface area contributed by atoms with Gasteiger partial charge < -0.3 is 19.5 Å². The lowest BCUT2D eigenvalue weighted by Gasteiger charge is -2.37. The molecule has 2 aliphatic heterocycles. The van der Waals surface area contributed by atoms with Crippen molar-refractivity contribution in [2.75, 3.05) is 26.9 Å². The summed E-state index contributed by atoms with van der Waals surface area (Å²) in [7, 11) is 1.62. The summed E-state index contributed by atoms with van der Waals surface area (Å²) >= 11 is 6.33. The summed E-state index contributed by atoms with van der Waals surface area (Å²) in [6, 6.07) is 5.63. The lowest BCUT2D eigenvalue weighted by Crippen LogP contribution is -2.42. The van der Waals surface area contributed by atoms with E-state index in [-0.39, 0.29) is 24.1 Å². The summed E-state index contributed by atoms with van der Waals surface area (Å²) in [6.45, 7) is 3.86. The van der Waals surface area contributed by atoms with Gasteiger partial charge in [-0.05, 0) is 42.7 Å². The summed E-state index contributed by atoms with van der Waals surface area (Å²) in [5.41, 5.74) is 3.23. The molecule has 10 heteroatoms. The molecule has 190 valence electrons. The van der Waals surface area contributed by atoms with Crippen molar-refractivity contribution in [2.24, 2.45) is 5.92 Å². The smallest absolute Gasteiger partial charge is 0.410 e. The second-order valence-corrected chi connectivity index (χ2v) is 9.26. The van der Waals surface area contributed by atoms with Gasteiger partial charge in [0, 0.05) is 29.6 Å². The van der Waals surface area contributed by atoms with Gasteiger partial charge in [0.15, 0.2) is 11.5 Å². The maximum Gasteiger partial charge on any atom is 0.410 e. The van der Waals surface area contributed by atoms with Crippen LogP contribution in [-0.2, 0) is 11.3 Å². The average Bonchev–Trinajstić information content (AvgIpc) is 3.54. The number of carbonyl (C=O) groups is 1. The standard InChI is InChI=1S/C26H30ClN5O4/c1-3-35-26(33)31-13-9-19-20-16-18(27)6-7-21(20)30-24(19)25(31)17-5-8-22(23(15-17)34-2)36-14-4-12-32-28-10-11-29-32/h5-8,10-11,15-16,20-21,25,30H,3-4,9,12-14H2,1-2H3. The van der Waals surface area contributed by atoms with Crippen LogP contribution in [0.2, 0.25) is 0 Å². The Labute approximate surface area is 215 Å². The van der Waals surface area contributed by atoms with Crippen molar-refractivity contribution in [3.63, 3.8) is 0 Å². The van der Waals surface area contributed by atoms with Gasteiger partial charge in [-0.25, -0.2) is 4.79 Å². The molecule has 3 heterocycles. The monoisotopic (exact) mass is 511 g/mol. The normalized spacial score (nSPS) is 22.5. The highest BCUT2D eigenvalue weighted by Gasteiger charge is 2.43. The highest BCUT2D eigenvalue weighted by molar-refractivity contribution is 6.31. The number of hydrogen-bond donors (Lipinski definition) is 1. The molecule has 2 aromatic rings. The Hall–Kier alpha value is -3.46. The van der Waals surface area contributed by atoms with Crippen LogP contribution >= 0.6 is 11.6 Å². The number of fused-ring (bicyclic) bond motifs is 2. The van der Waals surface area contributed by atoms with E-state index in [2.05, 4.69) is 27.7 Å². The fourth-order valence-electron chi connectivity index (χ4n) is 5.10. The van der Waals surface area contributed by atoms with Crippen molar-refractivity contribution >= 4 is 17.7 Å². The van der Waals surface area contributed by atoms with Crippen LogP contribution in [0.4, 0.5) is 4.79 Å². The summed E-state index contributed by atoms with van der Waals surface area (Å²) in [5.74, 6) is 1.44. The molecule has 0 fully saturated rings. The van der Waals surface area contributed by atoms with E-state index in [0.717, 1.165) is 29.1 Å². The third kappa shape index (κ3) is 4.80. The van der Waals surface area contributed by atoms with Gasteiger partial charge in [0.05, 0.1) is 45.3 Å². The molecule has 0 radical (unpaired) electrons. The molecule has 1 aromatic heterocycles. The minimum atomic E-state index is -0.332. The van der Waals surface area contributed by atoms with E-state index in [1.54, 1.807) is 29.2 Å². The SMILES string of the molecule is CCOC(=O)N1CCC2=C(NC3C=CC(Cl)=CC23)C1c1ccc(OCCCn2nccn2)c(OC)c1. The first-order chi connectivity index (χ1) is 17.6. The molecule has 0 saturated carbocycles. The minimum Gasteiger partial charge on any atom is -0.493 e. The predicted molar refractivity (Wildman–Crippen MR) is 135 cm³/mol. The van der Waals surface area contributed by atoms with Gasteiger partial charge in [-0.15, -0.1) is 0 Å². The van der Waals surface area contributed by atoms with E-state index in [0.29, 0.717) is 37.8 Å². The number of carbonyl (C=O) groups excluding carboxylic acids is 1. The second-order valence-electron chi connectivity index (χ2n) is 8.83. The van der Waals surface area contributed by atoms with Crippen LogP contribution < -0.4 is 14.8 Å². The Morgan fingerprint density at radius 2 is 2.08 bits per heavy atom. The molecule has 1 N–H and O–H groups in total. The number of nitrogens with zero attached hydrogens (tertiary/aromatic N) is 4. The van der Waals surface area contributed by atoms with Gasteiger partial charge >= 0.3 is 6.09 Å². The van der Waals surface area contributed by atoms with Crippen molar-refractivity contribution in [3.8, 4) is 11.5 Å². The van der Waals surface area contributed by atoms with Gasteiger partial charge in [-0.3, -0.25) is 4.90 Å². The zero-order valence-corrected chi connectivity index (χ0v) is 21.1. The van der Waals surface area contributed by atoms with Gasteiger partial charge in [-0.2, -0.15) is 15.0 Å². The number of nitrogens with one attached hydrogen (secondary N) is 1. The zero-order chi connectivity index (χ0) is 25.1. The molecular formula is C26H30ClN5O4. The van der Waals surface area contributed by atoms with Crippen molar-refractivity contribution in [3.05, 3.63) is 70.7 Å². The summed E-state index contributed by atoms with van der Waals surface area (Å²) in [6.07, 6.45) is 10.6. The Morgan fingerprint density at radius 1 is 1.25 bits per heavy atom. The fraction of sp³-hybridized carbons (Fsp3) is 0.423. The maximum absolute atomic E-state index is 13.0. The van der Waals surface area contributed by atoms with E-state index < -0.39 is 0 Å². The van der Waals surface area contributed by atoms with Crippen molar-refractivity contribution < 1.29 is 19.0 Å². The second kappa shape index (κ2) is 10.7. The van der Waals surface area contributed by atoms with Crippen LogP contribution in [0.3, 0.4) is 0 Å². The van der Waals surface area contributed by atoms with E-state index in [1.807, 2.05) is 31.2 Å². The third-order valence-electron chi connectivity index (χ3n) is 6.70. The molecule has 1 aromatic carbocycles. The molecule has 0 spiro atoms. The van der Waals surface area contributed by atoms with E-state index in [4.69, 9.17) is 25.8 Å². The summed E-state index contributed by atoms with van der Waals surface area (Å²) in [4.78, 5) is 16.4. The number of halogens is 1. The number of benzene rings is 1. The number of methoxy groups -OCH3 is 1. The van der Waals surface area contributed by atoms with Crippen molar-refractivity contribution in [1.29, 1.82) is 0 Å². The molecule has 36 heavy (non-hydrogen) atoms. The highest BCUT2D eigenvalue weighted by Crippen LogP contribution is 2.46. The summed E-state index contributed by atoms with van der Waals surface area (Å²) < 4.78 is 17.1.